The van der Waals surface area contributed by atoms with Crippen molar-refractivity contribution in [1.82, 2.24) is 15.5 Å². The van der Waals surface area contributed by atoms with Crippen LogP contribution in [0, 0.1) is 6.92 Å². The van der Waals surface area contributed by atoms with Crippen LogP contribution in [0.3, 0.4) is 0 Å². The number of aromatic nitrogens is 2. The minimum absolute atomic E-state index is 0.0173. The average Bonchev–Trinajstić information content (AvgIpc) is 3.36. The van der Waals surface area contributed by atoms with Crippen LogP contribution in [0.5, 0.6) is 5.75 Å². The number of nitrogens with one attached hydrogen (secondary N) is 1. The zero-order chi connectivity index (χ0) is 19.5. The van der Waals surface area contributed by atoms with E-state index in [1.54, 1.807) is 30.3 Å². The summed E-state index contributed by atoms with van der Waals surface area (Å²) >= 11 is 0. The molecule has 28 heavy (non-hydrogen) atoms. The number of ether oxygens (including phenoxy) is 1. The van der Waals surface area contributed by atoms with Crippen molar-refractivity contribution in [3.8, 4) is 5.75 Å². The fourth-order valence-electron chi connectivity index (χ4n) is 2.60. The number of hydrogen-bond acceptors (Lipinski definition) is 8. The molecular formula is C19H15N3O6. The topological polar surface area (TPSA) is 121 Å². The third kappa shape index (κ3) is 3.78. The number of hydrogen-bond donors (Lipinski definition) is 1. The van der Waals surface area contributed by atoms with E-state index in [0.29, 0.717) is 17.1 Å². The average molecular weight is 381 g/mol. The van der Waals surface area contributed by atoms with Crippen molar-refractivity contribution in [2.75, 3.05) is 0 Å². The van der Waals surface area contributed by atoms with E-state index in [4.69, 9.17) is 18.1 Å². The van der Waals surface area contributed by atoms with Gasteiger partial charge in [-0.05, 0) is 36.8 Å². The van der Waals surface area contributed by atoms with Gasteiger partial charge in [-0.3, -0.25) is 4.79 Å². The van der Waals surface area contributed by atoms with Crippen LogP contribution in [0.15, 0.2) is 60.8 Å². The van der Waals surface area contributed by atoms with E-state index in [-0.39, 0.29) is 24.9 Å². The molecule has 3 heterocycles. The molecule has 9 heteroatoms. The van der Waals surface area contributed by atoms with E-state index in [2.05, 4.69) is 15.5 Å². The van der Waals surface area contributed by atoms with Gasteiger partial charge in [0, 0.05) is 17.5 Å². The van der Waals surface area contributed by atoms with Gasteiger partial charge in [0.05, 0.1) is 12.8 Å². The third-order valence-electron chi connectivity index (χ3n) is 3.96. The Morgan fingerprint density at radius 3 is 2.96 bits per heavy atom. The lowest BCUT2D eigenvalue weighted by Gasteiger charge is -2.05. The van der Waals surface area contributed by atoms with Crippen LogP contribution in [-0.2, 0) is 13.2 Å². The van der Waals surface area contributed by atoms with Crippen molar-refractivity contribution in [1.29, 1.82) is 0 Å². The monoisotopic (exact) mass is 381 g/mol. The van der Waals surface area contributed by atoms with E-state index in [1.165, 1.54) is 12.3 Å². The number of carbonyl (C=O) groups excluding carboxylic acids is 1. The fraction of sp³-hybridized carbons (Fsp3) is 0.158. The van der Waals surface area contributed by atoms with Crippen molar-refractivity contribution in [3.63, 3.8) is 0 Å². The predicted molar refractivity (Wildman–Crippen MR) is 95.7 cm³/mol. The summed E-state index contributed by atoms with van der Waals surface area (Å²) in [5.41, 5.74) is 0.820. The molecule has 0 unspecified atom stereocenters. The van der Waals surface area contributed by atoms with Gasteiger partial charge in [0.15, 0.2) is 6.61 Å². The highest BCUT2D eigenvalue weighted by molar-refractivity contribution is 5.89. The van der Waals surface area contributed by atoms with Gasteiger partial charge < -0.3 is 23.4 Å². The van der Waals surface area contributed by atoms with Gasteiger partial charge in [-0.1, -0.05) is 5.16 Å². The van der Waals surface area contributed by atoms with Gasteiger partial charge in [0.2, 0.25) is 5.82 Å². The number of rotatable bonds is 6. The summed E-state index contributed by atoms with van der Waals surface area (Å²) in [5, 5.41) is 7.15. The van der Waals surface area contributed by atoms with E-state index in [1.807, 2.05) is 6.92 Å². The molecular weight excluding hydrogens is 366 g/mol. The Balaban J connectivity index is 1.39. The first kappa shape index (κ1) is 17.5. The first-order valence-corrected chi connectivity index (χ1v) is 8.39. The fourth-order valence-corrected chi connectivity index (χ4v) is 2.60. The Morgan fingerprint density at radius 1 is 1.25 bits per heavy atom. The van der Waals surface area contributed by atoms with Crippen molar-refractivity contribution in [2.45, 2.75) is 20.1 Å². The van der Waals surface area contributed by atoms with E-state index in [0.717, 1.165) is 10.9 Å². The first-order chi connectivity index (χ1) is 13.6. The molecule has 0 aliphatic rings. The van der Waals surface area contributed by atoms with Crippen LogP contribution in [0.2, 0.25) is 0 Å². The molecule has 0 fully saturated rings. The molecule has 0 atom stereocenters. The molecule has 0 radical (unpaired) electrons. The van der Waals surface area contributed by atoms with Crippen molar-refractivity contribution in [3.05, 3.63) is 76.1 Å². The minimum Gasteiger partial charge on any atom is -0.485 e. The standard InChI is InChI=1S/C19H15N3O6/c1-11-7-17(23)27-15-8-12(4-5-14(11)15)26-10-16-21-19(28-22-16)18(24)20-9-13-3-2-6-25-13/h2-8H,9-10H2,1H3,(H,20,24). The Hall–Kier alpha value is -3.88. The van der Waals surface area contributed by atoms with Gasteiger partial charge in [-0.15, -0.1) is 0 Å². The number of fused-ring (bicyclic) bond motifs is 1. The molecule has 0 saturated carbocycles. The van der Waals surface area contributed by atoms with E-state index >= 15 is 0 Å². The van der Waals surface area contributed by atoms with Crippen molar-refractivity contribution < 1.29 is 22.9 Å². The zero-order valence-corrected chi connectivity index (χ0v) is 14.8. The van der Waals surface area contributed by atoms with Gasteiger partial charge in [-0.2, -0.15) is 4.98 Å². The summed E-state index contributed by atoms with van der Waals surface area (Å²) in [4.78, 5) is 27.5. The van der Waals surface area contributed by atoms with Crippen molar-refractivity contribution in [2.24, 2.45) is 0 Å². The summed E-state index contributed by atoms with van der Waals surface area (Å²) in [6.07, 6.45) is 1.52. The van der Waals surface area contributed by atoms with Crippen LogP contribution >= 0.6 is 0 Å². The minimum atomic E-state index is -0.516. The highest BCUT2D eigenvalue weighted by Crippen LogP contribution is 2.22. The first-order valence-electron chi connectivity index (χ1n) is 8.39. The smallest absolute Gasteiger partial charge is 0.336 e. The number of benzene rings is 1. The number of furan rings is 1. The highest BCUT2D eigenvalue weighted by Gasteiger charge is 2.16. The van der Waals surface area contributed by atoms with Gasteiger partial charge in [-0.25, -0.2) is 4.79 Å². The molecule has 0 saturated heterocycles. The second kappa shape index (κ2) is 7.39. The van der Waals surface area contributed by atoms with Crippen LogP contribution in [0.1, 0.15) is 27.8 Å². The summed E-state index contributed by atoms with van der Waals surface area (Å²) in [7, 11) is 0. The number of amides is 1. The zero-order valence-electron chi connectivity index (χ0n) is 14.8. The Morgan fingerprint density at radius 2 is 2.14 bits per heavy atom. The predicted octanol–water partition coefficient (Wildman–Crippen LogP) is 2.59. The van der Waals surface area contributed by atoms with Gasteiger partial charge in [0.1, 0.15) is 17.1 Å². The lowest BCUT2D eigenvalue weighted by atomic mass is 10.1. The van der Waals surface area contributed by atoms with Gasteiger partial charge >= 0.3 is 17.4 Å². The molecule has 0 spiro atoms. The van der Waals surface area contributed by atoms with E-state index < -0.39 is 11.5 Å². The molecule has 1 N–H and O–H groups in total. The molecule has 0 bridgehead atoms. The summed E-state index contributed by atoms with van der Waals surface area (Å²) < 4.78 is 20.9. The number of carbonyl (C=O) groups is 1. The molecule has 4 rings (SSSR count). The number of aryl methyl sites for hydroxylation is 1. The van der Waals surface area contributed by atoms with Crippen molar-refractivity contribution >= 4 is 16.9 Å². The van der Waals surface area contributed by atoms with Crippen LogP contribution in [-0.4, -0.2) is 16.0 Å². The molecule has 1 amide bonds. The molecule has 0 aliphatic heterocycles. The van der Waals surface area contributed by atoms with E-state index in [9.17, 15) is 9.59 Å². The Bertz CT molecular complexity index is 1180. The lowest BCUT2D eigenvalue weighted by Crippen LogP contribution is -2.22. The molecule has 0 aliphatic carbocycles. The Kier molecular flexibility index (Phi) is 4.63. The van der Waals surface area contributed by atoms with Crippen LogP contribution in [0.25, 0.3) is 11.0 Å². The highest BCUT2D eigenvalue weighted by atomic mass is 16.5. The molecule has 4 aromatic rings. The third-order valence-corrected chi connectivity index (χ3v) is 3.96. The maximum Gasteiger partial charge on any atom is 0.336 e. The largest absolute Gasteiger partial charge is 0.485 e. The number of nitrogens with zero attached hydrogens (tertiary/aromatic N) is 2. The maximum absolute atomic E-state index is 12.0. The second-order valence-corrected chi connectivity index (χ2v) is 5.97. The quantitative estimate of drug-likeness (QED) is 0.506. The molecule has 1 aromatic carbocycles. The molecule has 142 valence electrons. The van der Waals surface area contributed by atoms with Gasteiger partial charge in [0.25, 0.3) is 0 Å². The summed E-state index contributed by atoms with van der Waals surface area (Å²) in [6, 6.07) is 10.0. The normalized spacial score (nSPS) is 10.9. The molecule has 3 aromatic heterocycles. The van der Waals surface area contributed by atoms with Crippen LogP contribution < -0.4 is 15.7 Å². The van der Waals surface area contributed by atoms with Crippen LogP contribution in [0.4, 0.5) is 0 Å². The summed E-state index contributed by atoms with van der Waals surface area (Å²) in [6.45, 7) is 2.02. The summed E-state index contributed by atoms with van der Waals surface area (Å²) in [5.74, 6) is 0.585. The lowest BCUT2D eigenvalue weighted by molar-refractivity contribution is 0.0904. The maximum atomic E-state index is 12.0. The molecule has 9 nitrogen and oxygen atoms in total. The SMILES string of the molecule is Cc1cc(=O)oc2cc(OCc3noc(C(=O)NCc4ccco4)n3)ccc12. The Labute approximate surface area is 157 Å². The second-order valence-electron chi connectivity index (χ2n) is 5.97.